The van der Waals surface area contributed by atoms with E-state index >= 15 is 0 Å². The number of fused-ring (bicyclic) bond motifs is 1. The molecule has 1 aliphatic heterocycles. The van der Waals surface area contributed by atoms with Crippen molar-refractivity contribution in [3.63, 3.8) is 0 Å². The zero-order chi connectivity index (χ0) is 16.2. The van der Waals surface area contributed by atoms with Crippen molar-refractivity contribution in [2.45, 2.75) is 38.3 Å². The fourth-order valence-corrected chi connectivity index (χ4v) is 3.27. The second-order valence-corrected chi connectivity index (χ2v) is 6.04. The van der Waals surface area contributed by atoms with Crippen LogP contribution in [0.15, 0.2) is 29.2 Å². The molecule has 1 aromatic heterocycles. The molecule has 23 heavy (non-hydrogen) atoms. The van der Waals surface area contributed by atoms with Crippen molar-refractivity contribution < 1.29 is 9.47 Å². The summed E-state index contributed by atoms with van der Waals surface area (Å²) in [5.74, 6) is 1.30. The van der Waals surface area contributed by atoms with Crippen molar-refractivity contribution in [3.05, 3.63) is 34.7 Å². The molecule has 1 aromatic carbocycles. The molecule has 0 aliphatic carbocycles. The van der Waals surface area contributed by atoms with Gasteiger partial charge >= 0.3 is 0 Å². The molecular formula is C18H24N2O3. The second kappa shape index (κ2) is 7.04. The van der Waals surface area contributed by atoms with E-state index in [0.29, 0.717) is 22.9 Å². The molecule has 1 saturated heterocycles. The summed E-state index contributed by atoms with van der Waals surface area (Å²) in [5, 5.41) is 4.99. The highest BCUT2D eigenvalue weighted by Gasteiger charge is 2.14. The molecule has 0 bridgehead atoms. The summed E-state index contributed by atoms with van der Waals surface area (Å²) in [7, 11) is 3.20. The number of aromatic nitrogens is 1. The van der Waals surface area contributed by atoms with Gasteiger partial charge in [0.2, 0.25) is 0 Å². The lowest BCUT2D eigenvalue weighted by Gasteiger charge is -2.23. The highest BCUT2D eigenvalue weighted by molar-refractivity contribution is 5.89. The Morgan fingerprint density at radius 1 is 1.22 bits per heavy atom. The van der Waals surface area contributed by atoms with Crippen LogP contribution >= 0.6 is 0 Å². The molecule has 0 saturated carbocycles. The van der Waals surface area contributed by atoms with Gasteiger partial charge in [0.1, 0.15) is 11.5 Å². The van der Waals surface area contributed by atoms with Crippen LogP contribution in [0, 0.1) is 0 Å². The number of hydrogen-bond acceptors (Lipinski definition) is 4. The van der Waals surface area contributed by atoms with E-state index < -0.39 is 0 Å². The Balaban J connectivity index is 1.89. The first-order valence-corrected chi connectivity index (χ1v) is 8.21. The zero-order valence-corrected chi connectivity index (χ0v) is 13.8. The number of nitrogens with zero attached hydrogens (tertiary/aromatic N) is 1. The average molecular weight is 316 g/mol. The molecule has 1 unspecified atom stereocenters. The van der Waals surface area contributed by atoms with Gasteiger partial charge in [0.05, 0.1) is 19.6 Å². The van der Waals surface area contributed by atoms with E-state index in [2.05, 4.69) is 5.32 Å². The molecule has 5 heteroatoms. The number of rotatable bonds is 5. The van der Waals surface area contributed by atoms with E-state index in [-0.39, 0.29) is 5.56 Å². The fraction of sp³-hybridized carbons (Fsp3) is 0.500. The van der Waals surface area contributed by atoms with E-state index in [0.717, 1.165) is 24.9 Å². The first-order valence-electron chi connectivity index (χ1n) is 8.21. The van der Waals surface area contributed by atoms with Crippen LogP contribution in [0.5, 0.6) is 11.5 Å². The predicted molar refractivity (Wildman–Crippen MR) is 91.6 cm³/mol. The number of methoxy groups -OCH3 is 2. The number of nitrogens with one attached hydrogen (secondary N) is 1. The molecule has 1 fully saturated rings. The number of pyridine rings is 1. The van der Waals surface area contributed by atoms with Gasteiger partial charge < -0.3 is 19.4 Å². The van der Waals surface area contributed by atoms with Crippen molar-refractivity contribution in [1.82, 2.24) is 9.88 Å². The van der Waals surface area contributed by atoms with Gasteiger partial charge in [-0.2, -0.15) is 0 Å². The maximum absolute atomic E-state index is 12.8. The minimum atomic E-state index is 0.00973. The Kier molecular flexibility index (Phi) is 4.86. The van der Waals surface area contributed by atoms with Gasteiger partial charge in [0, 0.05) is 30.2 Å². The third kappa shape index (κ3) is 3.34. The van der Waals surface area contributed by atoms with Gasteiger partial charge in [-0.25, -0.2) is 0 Å². The van der Waals surface area contributed by atoms with Crippen molar-refractivity contribution >= 4 is 10.8 Å². The van der Waals surface area contributed by atoms with Gasteiger partial charge in [-0.1, -0.05) is 6.42 Å². The summed E-state index contributed by atoms with van der Waals surface area (Å²) in [6.45, 7) is 1.82. The van der Waals surface area contributed by atoms with Crippen molar-refractivity contribution in [2.24, 2.45) is 0 Å². The maximum Gasteiger partial charge on any atom is 0.258 e. The Morgan fingerprint density at radius 2 is 2.09 bits per heavy atom. The predicted octanol–water partition coefficient (Wildman–Crippen LogP) is 2.55. The van der Waals surface area contributed by atoms with Crippen molar-refractivity contribution in [2.75, 3.05) is 20.8 Å². The summed E-state index contributed by atoms with van der Waals surface area (Å²) < 4.78 is 12.4. The first kappa shape index (κ1) is 15.9. The second-order valence-electron chi connectivity index (χ2n) is 6.04. The standard InChI is InChI=1S/C18H24N2O3/c1-22-14-11-16-15(17(12-14)23-2)7-10-20(18(16)21)9-6-13-5-3-4-8-19-13/h7,10-13,19H,3-6,8-9H2,1-2H3. The molecule has 0 radical (unpaired) electrons. The minimum Gasteiger partial charge on any atom is -0.497 e. The van der Waals surface area contributed by atoms with Gasteiger partial charge in [-0.15, -0.1) is 0 Å². The van der Waals surface area contributed by atoms with Gasteiger partial charge in [0.15, 0.2) is 0 Å². The lowest BCUT2D eigenvalue weighted by molar-refractivity contribution is 0.365. The van der Waals surface area contributed by atoms with Crippen molar-refractivity contribution in [1.29, 1.82) is 0 Å². The third-order valence-electron chi connectivity index (χ3n) is 4.61. The Hall–Kier alpha value is -2.01. The molecule has 1 atom stereocenters. The van der Waals surface area contributed by atoms with E-state index in [1.807, 2.05) is 12.3 Å². The summed E-state index contributed by atoms with van der Waals surface area (Å²) in [6, 6.07) is 6.06. The topological polar surface area (TPSA) is 52.5 Å². The lowest BCUT2D eigenvalue weighted by atomic mass is 10.0. The SMILES string of the molecule is COc1cc(OC)c2ccn(CCC3CCCCN3)c(=O)c2c1. The number of benzene rings is 1. The summed E-state index contributed by atoms with van der Waals surface area (Å²) in [5.41, 5.74) is 0.00973. The molecule has 1 N–H and O–H groups in total. The van der Waals surface area contributed by atoms with E-state index in [9.17, 15) is 4.79 Å². The third-order valence-corrected chi connectivity index (χ3v) is 4.61. The average Bonchev–Trinajstić information content (AvgIpc) is 2.61. The summed E-state index contributed by atoms with van der Waals surface area (Å²) >= 11 is 0. The molecule has 0 spiro atoms. The number of hydrogen-bond donors (Lipinski definition) is 1. The lowest BCUT2D eigenvalue weighted by Crippen LogP contribution is -2.35. The van der Waals surface area contributed by atoms with Crippen molar-refractivity contribution in [3.8, 4) is 11.5 Å². The number of ether oxygens (including phenoxy) is 2. The quantitative estimate of drug-likeness (QED) is 0.921. The monoisotopic (exact) mass is 316 g/mol. The maximum atomic E-state index is 12.8. The molecule has 0 amide bonds. The summed E-state index contributed by atoms with van der Waals surface area (Å²) in [4.78, 5) is 12.8. The minimum absolute atomic E-state index is 0.00973. The molecular weight excluding hydrogens is 292 g/mol. The zero-order valence-electron chi connectivity index (χ0n) is 13.8. The van der Waals surface area contributed by atoms with Crippen LogP contribution in [0.25, 0.3) is 10.8 Å². The number of piperidine rings is 1. The molecule has 3 rings (SSSR count). The summed E-state index contributed by atoms with van der Waals surface area (Å²) in [6.07, 6.45) is 6.57. The smallest absolute Gasteiger partial charge is 0.258 e. The molecule has 124 valence electrons. The van der Waals surface area contributed by atoms with E-state index in [4.69, 9.17) is 9.47 Å². The van der Waals surface area contributed by atoms with Crippen LogP contribution in [0.4, 0.5) is 0 Å². The molecule has 1 aliphatic rings. The Morgan fingerprint density at radius 3 is 2.78 bits per heavy atom. The largest absolute Gasteiger partial charge is 0.497 e. The first-order chi connectivity index (χ1) is 11.2. The fourth-order valence-electron chi connectivity index (χ4n) is 3.27. The number of aryl methyl sites for hydroxylation is 1. The van der Waals surface area contributed by atoms with Gasteiger partial charge in [-0.3, -0.25) is 4.79 Å². The molecule has 2 heterocycles. The van der Waals surface area contributed by atoms with Crippen LogP contribution in [0.2, 0.25) is 0 Å². The van der Waals surface area contributed by atoms with Crippen LogP contribution in [0.3, 0.4) is 0 Å². The highest BCUT2D eigenvalue weighted by Crippen LogP contribution is 2.29. The van der Waals surface area contributed by atoms with Gasteiger partial charge in [0.25, 0.3) is 5.56 Å². The van der Waals surface area contributed by atoms with Crippen LogP contribution in [0.1, 0.15) is 25.7 Å². The van der Waals surface area contributed by atoms with E-state index in [1.165, 1.54) is 19.3 Å². The van der Waals surface area contributed by atoms with Crippen LogP contribution < -0.4 is 20.3 Å². The van der Waals surface area contributed by atoms with Crippen LogP contribution in [-0.4, -0.2) is 31.4 Å². The van der Waals surface area contributed by atoms with Gasteiger partial charge in [-0.05, 0) is 37.9 Å². The normalized spacial score (nSPS) is 18.1. The highest BCUT2D eigenvalue weighted by atomic mass is 16.5. The molecule has 2 aromatic rings. The Bertz CT molecular complexity index is 733. The van der Waals surface area contributed by atoms with Crippen LogP contribution in [-0.2, 0) is 6.54 Å². The molecule has 5 nitrogen and oxygen atoms in total. The van der Waals surface area contributed by atoms with E-state index in [1.54, 1.807) is 30.9 Å². The Labute approximate surface area is 136 Å².